The van der Waals surface area contributed by atoms with Crippen LogP contribution < -0.4 is 5.73 Å². The lowest BCUT2D eigenvalue weighted by atomic mass is 10.0. The van der Waals surface area contributed by atoms with Gasteiger partial charge in [0.15, 0.2) is 0 Å². The second kappa shape index (κ2) is 4.98. The molecule has 2 rings (SSSR count). The summed E-state index contributed by atoms with van der Waals surface area (Å²) >= 11 is 3.50. The van der Waals surface area contributed by atoms with Crippen molar-refractivity contribution in [3.63, 3.8) is 0 Å². The zero-order valence-electron chi connectivity index (χ0n) is 9.45. The van der Waals surface area contributed by atoms with Gasteiger partial charge in [-0.05, 0) is 47.9 Å². The Balaban J connectivity index is 2.50. The monoisotopic (exact) mass is 293 g/mol. The van der Waals surface area contributed by atoms with Crippen LogP contribution in [-0.2, 0) is 0 Å². The highest BCUT2D eigenvalue weighted by Crippen LogP contribution is 2.30. The van der Waals surface area contributed by atoms with E-state index in [2.05, 4.69) is 15.9 Å². The summed E-state index contributed by atoms with van der Waals surface area (Å²) in [6, 6.07) is 12.4. The van der Waals surface area contributed by atoms with E-state index in [1.54, 1.807) is 12.1 Å². The van der Waals surface area contributed by atoms with Gasteiger partial charge in [-0.3, -0.25) is 0 Å². The van der Waals surface area contributed by atoms with Gasteiger partial charge in [-0.15, -0.1) is 0 Å². The molecule has 0 aliphatic carbocycles. The summed E-state index contributed by atoms with van der Waals surface area (Å²) in [4.78, 5) is 0. The molecule has 0 aliphatic rings. The molecule has 0 spiro atoms. The first-order valence-corrected chi connectivity index (χ1v) is 6.18. The maximum absolute atomic E-state index is 12.9. The van der Waals surface area contributed by atoms with Gasteiger partial charge in [-0.2, -0.15) is 0 Å². The van der Waals surface area contributed by atoms with Crippen molar-refractivity contribution in [1.82, 2.24) is 0 Å². The molecule has 3 heteroatoms. The van der Waals surface area contributed by atoms with Crippen molar-refractivity contribution >= 4 is 15.9 Å². The van der Waals surface area contributed by atoms with E-state index in [1.165, 1.54) is 12.1 Å². The quantitative estimate of drug-likeness (QED) is 0.879. The third-order valence-electron chi connectivity index (χ3n) is 2.67. The summed E-state index contributed by atoms with van der Waals surface area (Å²) in [6.45, 7) is 1.94. The predicted molar refractivity (Wildman–Crippen MR) is 72.1 cm³/mol. The van der Waals surface area contributed by atoms with Crippen molar-refractivity contribution in [3.05, 3.63) is 58.3 Å². The van der Waals surface area contributed by atoms with Gasteiger partial charge in [-0.25, -0.2) is 4.39 Å². The minimum Gasteiger partial charge on any atom is -0.324 e. The van der Waals surface area contributed by atoms with Crippen LogP contribution >= 0.6 is 15.9 Å². The van der Waals surface area contributed by atoms with Gasteiger partial charge >= 0.3 is 0 Å². The van der Waals surface area contributed by atoms with E-state index < -0.39 is 0 Å². The number of benzene rings is 2. The molecule has 0 aliphatic heterocycles. The Labute approximate surface area is 109 Å². The molecular formula is C14H13BrFN. The van der Waals surface area contributed by atoms with Crippen LogP contribution in [0.5, 0.6) is 0 Å². The lowest BCUT2D eigenvalue weighted by Gasteiger charge is -2.10. The molecule has 1 atom stereocenters. The molecule has 0 radical (unpaired) electrons. The Morgan fingerprint density at radius 3 is 2.35 bits per heavy atom. The normalized spacial score (nSPS) is 12.5. The smallest absolute Gasteiger partial charge is 0.123 e. The zero-order valence-corrected chi connectivity index (χ0v) is 11.0. The molecule has 0 heterocycles. The van der Waals surface area contributed by atoms with Gasteiger partial charge in [0, 0.05) is 10.5 Å². The lowest BCUT2D eigenvalue weighted by molar-refractivity contribution is 0.628. The highest BCUT2D eigenvalue weighted by molar-refractivity contribution is 9.10. The predicted octanol–water partition coefficient (Wildman–Crippen LogP) is 4.27. The molecule has 0 amide bonds. The number of nitrogens with two attached hydrogens (primary N) is 1. The fourth-order valence-electron chi connectivity index (χ4n) is 1.68. The average Bonchev–Trinajstić information content (AvgIpc) is 2.31. The summed E-state index contributed by atoms with van der Waals surface area (Å²) < 4.78 is 13.9. The van der Waals surface area contributed by atoms with Crippen molar-refractivity contribution in [2.45, 2.75) is 13.0 Å². The van der Waals surface area contributed by atoms with Crippen LogP contribution in [0.4, 0.5) is 4.39 Å². The van der Waals surface area contributed by atoms with Crippen molar-refractivity contribution < 1.29 is 4.39 Å². The van der Waals surface area contributed by atoms with E-state index in [0.29, 0.717) is 0 Å². The Morgan fingerprint density at radius 2 is 1.76 bits per heavy atom. The first kappa shape index (κ1) is 12.3. The third-order valence-corrected chi connectivity index (χ3v) is 3.36. The van der Waals surface area contributed by atoms with Crippen molar-refractivity contribution in [1.29, 1.82) is 0 Å². The Bertz CT molecular complexity index is 520. The number of hydrogen-bond acceptors (Lipinski definition) is 1. The molecule has 2 aromatic rings. The van der Waals surface area contributed by atoms with Gasteiger partial charge < -0.3 is 5.73 Å². The molecule has 17 heavy (non-hydrogen) atoms. The van der Waals surface area contributed by atoms with Crippen LogP contribution in [0.2, 0.25) is 0 Å². The summed E-state index contributed by atoms with van der Waals surface area (Å²) in [5.74, 6) is -0.229. The van der Waals surface area contributed by atoms with E-state index in [9.17, 15) is 4.39 Å². The highest BCUT2D eigenvalue weighted by atomic mass is 79.9. The molecule has 0 aromatic heterocycles. The Kier molecular flexibility index (Phi) is 3.60. The molecule has 1 nitrogen and oxygen atoms in total. The molecule has 2 N–H and O–H groups in total. The maximum atomic E-state index is 12.9. The van der Waals surface area contributed by atoms with Gasteiger partial charge in [-0.1, -0.05) is 34.1 Å². The Hall–Kier alpha value is -1.19. The second-order valence-electron chi connectivity index (χ2n) is 4.03. The van der Waals surface area contributed by atoms with Crippen LogP contribution in [0.15, 0.2) is 46.9 Å². The molecule has 1 unspecified atom stereocenters. The van der Waals surface area contributed by atoms with E-state index in [1.807, 2.05) is 25.1 Å². The minimum absolute atomic E-state index is 0.0118. The van der Waals surface area contributed by atoms with Crippen LogP contribution in [0, 0.1) is 5.82 Å². The first-order chi connectivity index (χ1) is 8.08. The number of rotatable bonds is 2. The largest absolute Gasteiger partial charge is 0.324 e. The van der Waals surface area contributed by atoms with Crippen LogP contribution in [-0.4, -0.2) is 0 Å². The topological polar surface area (TPSA) is 26.0 Å². The van der Waals surface area contributed by atoms with Crippen LogP contribution in [0.3, 0.4) is 0 Å². The van der Waals surface area contributed by atoms with Gasteiger partial charge in [0.1, 0.15) is 5.82 Å². The number of halogens is 2. The maximum Gasteiger partial charge on any atom is 0.123 e. The third kappa shape index (κ3) is 2.73. The van der Waals surface area contributed by atoms with Gasteiger partial charge in [0.05, 0.1) is 0 Å². The van der Waals surface area contributed by atoms with Crippen LogP contribution in [0.25, 0.3) is 11.1 Å². The fourth-order valence-corrected chi connectivity index (χ4v) is 2.15. The summed E-state index contributed by atoms with van der Waals surface area (Å²) in [5.41, 5.74) is 8.92. The zero-order chi connectivity index (χ0) is 12.4. The summed E-state index contributed by atoms with van der Waals surface area (Å²) in [6.07, 6.45) is 0. The van der Waals surface area contributed by atoms with E-state index in [4.69, 9.17) is 5.73 Å². The first-order valence-electron chi connectivity index (χ1n) is 5.39. The van der Waals surface area contributed by atoms with E-state index in [0.717, 1.165) is 21.2 Å². The lowest BCUT2D eigenvalue weighted by Crippen LogP contribution is -2.04. The van der Waals surface area contributed by atoms with E-state index >= 15 is 0 Å². The molecular weight excluding hydrogens is 281 g/mol. The van der Waals surface area contributed by atoms with Gasteiger partial charge in [0.25, 0.3) is 0 Å². The average molecular weight is 294 g/mol. The fraction of sp³-hybridized carbons (Fsp3) is 0.143. The molecule has 0 fully saturated rings. The Morgan fingerprint density at radius 1 is 1.12 bits per heavy atom. The summed E-state index contributed by atoms with van der Waals surface area (Å²) in [7, 11) is 0. The SMILES string of the molecule is CC(N)c1ccc(Br)c(-c2ccc(F)cc2)c1. The van der Waals surface area contributed by atoms with Gasteiger partial charge in [0.2, 0.25) is 0 Å². The highest BCUT2D eigenvalue weighted by Gasteiger charge is 2.07. The van der Waals surface area contributed by atoms with Crippen LogP contribution in [0.1, 0.15) is 18.5 Å². The minimum atomic E-state index is -0.229. The molecule has 88 valence electrons. The van der Waals surface area contributed by atoms with Crippen molar-refractivity contribution in [2.75, 3.05) is 0 Å². The standard InChI is InChI=1S/C14H13BrFN/c1-9(17)11-4-7-14(15)13(8-11)10-2-5-12(16)6-3-10/h2-9H,17H2,1H3. The van der Waals surface area contributed by atoms with Crippen molar-refractivity contribution in [2.24, 2.45) is 5.73 Å². The molecule has 0 saturated carbocycles. The molecule has 2 aromatic carbocycles. The van der Waals surface area contributed by atoms with E-state index in [-0.39, 0.29) is 11.9 Å². The summed E-state index contributed by atoms with van der Waals surface area (Å²) in [5, 5.41) is 0. The number of hydrogen-bond donors (Lipinski definition) is 1. The van der Waals surface area contributed by atoms with Crippen molar-refractivity contribution in [3.8, 4) is 11.1 Å². The molecule has 0 bridgehead atoms. The second-order valence-corrected chi connectivity index (χ2v) is 4.89. The molecule has 0 saturated heterocycles.